The van der Waals surface area contributed by atoms with Crippen LogP contribution in [-0.4, -0.2) is 21.9 Å². The number of ether oxygens (including phenoxy) is 2. The van der Waals surface area contributed by atoms with Gasteiger partial charge in [-0.1, -0.05) is 39.7 Å². The monoisotopic (exact) mass is 538 g/mol. The van der Waals surface area contributed by atoms with Crippen molar-refractivity contribution in [1.29, 1.82) is 0 Å². The number of fused-ring (bicyclic) bond motifs is 3. The first-order chi connectivity index (χ1) is 16.5. The number of benzene rings is 3. The highest BCUT2D eigenvalue weighted by atomic mass is 79.9. The van der Waals surface area contributed by atoms with E-state index in [2.05, 4.69) is 31.3 Å². The summed E-state index contributed by atoms with van der Waals surface area (Å²) in [7, 11) is 1.63. The molecule has 0 saturated heterocycles. The van der Waals surface area contributed by atoms with Crippen molar-refractivity contribution in [2.24, 2.45) is 0 Å². The van der Waals surface area contributed by atoms with E-state index in [1.54, 1.807) is 30.0 Å². The van der Waals surface area contributed by atoms with Crippen molar-refractivity contribution < 1.29 is 13.9 Å². The largest absolute Gasteiger partial charge is 0.496 e. The van der Waals surface area contributed by atoms with E-state index in [0.717, 1.165) is 32.4 Å². The van der Waals surface area contributed by atoms with Gasteiger partial charge in [0, 0.05) is 26.2 Å². The van der Waals surface area contributed by atoms with Crippen molar-refractivity contribution in [3.63, 3.8) is 0 Å². The predicted molar refractivity (Wildman–Crippen MR) is 131 cm³/mol. The Morgan fingerprint density at radius 1 is 1.12 bits per heavy atom. The highest BCUT2D eigenvalue weighted by Gasteiger charge is 2.42. The third kappa shape index (κ3) is 3.36. The number of nitrogens with one attached hydrogen (secondary N) is 1. The number of halogens is 3. The highest BCUT2D eigenvalue weighted by Crippen LogP contribution is 2.52. The summed E-state index contributed by atoms with van der Waals surface area (Å²) in [5.41, 5.74) is 4.20. The topological polar surface area (TPSA) is 61.2 Å². The van der Waals surface area contributed by atoms with Crippen LogP contribution >= 0.6 is 27.5 Å². The second-order valence-corrected chi connectivity index (χ2v) is 9.31. The highest BCUT2D eigenvalue weighted by molar-refractivity contribution is 9.10. The summed E-state index contributed by atoms with van der Waals surface area (Å²) in [6, 6.07) is 17.3. The smallest absolute Gasteiger partial charge is 0.226 e. The zero-order valence-electron chi connectivity index (χ0n) is 17.8. The van der Waals surface area contributed by atoms with Crippen molar-refractivity contribution in [1.82, 2.24) is 14.8 Å². The molecular weight excluding hydrogens is 523 g/mol. The standard InChI is InChI=1S/C25H17BrClFN4O2/c1-33-19-8-4-14(26)10-18(19)24-21-22(17-11-15(27)5-9-20(17)34-24)31-25-29-12-30-32(25)23(21)13-2-6-16(28)7-3-13/h2-12,23-24H,1H3,(H,29,30,31)/t23-,24+/m0/s1. The van der Waals surface area contributed by atoms with E-state index in [-0.39, 0.29) is 5.82 Å². The molecule has 0 spiro atoms. The SMILES string of the molecule is COc1ccc(Br)cc1[C@H]1Oc2ccc(Cl)cc2C2=C1[C@H](c1ccc(F)cc1)n1ncnc1N2. The Hall–Kier alpha value is -3.36. The van der Waals surface area contributed by atoms with E-state index < -0.39 is 12.1 Å². The van der Waals surface area contributed by atoms with Gasteiger partial charge in [-0.05, 0) is 54.1 Å². The summed E-state index contributed by atoms with van der Waals surface area (Å²) < 4.78 is 28.8. The molecule has 1 aromatic heterocycles. The summed E-state index contributed by atoms with van der Waals surface area (Å²) in [6.45, 7) is 0. The molecule has 6 nitrogen and oxygen atoms in total. The van der Waals surface area contributed by atoms with Crippen molar-refractivity contribution in [3.8, 4) is 11.5 Å². The quantitative estimate of drug-likeness (QED) is 0.326. The van der Waals surface area contributed by atoms with Gasteiger partial charge in [-0.2, -0.15) is 10.1 Å². The maximum absolute atomic E-state index is 13.8. The van der Waals surface area contributed by atoms with E-state index in [4.69, 9.17) is 21.1 Å². The Balaban J connectivity index is 1.66. The Bertz CT molecular complexity index is 1450. The fraction of sp³-hybridized carbons (Fsp3) is 0.120. The van der Waals surface area contributed by atoms with Crippen LogP contribution in [0.4, 0.5) is 10.3 Å². The van der Waals surface area contributed by atoms with Crippen molar-refractivity contribution in [2.45, 2.75) is 12.1 Å². The van der Waals surface area contributed by atoms with Gasteiger partial charge in [-0.3, -0.25) is 0 Å². The molecule has 4 aromatic rings. The lowest BCUT2D eigenvalue weighted by molar-refractivity contribution is 0.217. The van der Waals surface area contributed by atoms with E-state index in [1.165, 1.54) is 18.5 Å². The molecule has 0 radical (unpaired) electrons. The summed E-state index contributed by atoms with van der Waals surface area (Å²) in [6.07, 6.45) is 0.960. The first-order valence-corrected chi connectivity index (χ1v) is 11.7. The molecule has 0 fully saturated rings. The number of rotatable bonds is 3. The van der Waals surface area contributed by atoms with Gasteiger partial charge in [0.25, 0.3) is 0 Å². The van der Waals surface area contributed by atoms with Crippen LogP contribution in [0.1, 0.15) is 28.8 Å². The molecule has 0 amide bonds. The van der Waals surface area contributed by atoms with E-state index in [9.17, 15) is 4.39 Å². The van der Waals surface area contributed by atoms with Gasteiger partial charge in [0.15, 0.2) is 6.10 Å². The van der Waals surface area contributed by atoms with Crippen molar-refractivity contribution in [3.05, 3.63) is 105 Å². The maximum atomic E-state index is 13.8. The van der Waals surface area contributed by atoms with Gasteiger partial charge in [0.2, 0.25) is 5.95 Å². The number of methoxy groups -OCH3 is 1. The van der Waals surface area contributed by atoms with Gasteiger partial charge in [0.05, 0.1) is 12.8 Å². The molecule has 9 heteroatoms. The van der Waals surface area contributed by atoms with Gasteiger partial charge in [0.1, 0.15) is 29.7 Å². The average molecular weight is 540 g/mol. The van der Waals surface area contributed by atoms with E-state index in [1.807, 2.05) is 30.3 Å². The molecule has 2 aliphatic heterocycles. The number of aromatic nitrogens is 3. The first kappa shape index (κ1) is 21.2. The molecular formula is C25H17BrClFN4O2. The normalized spacial score (nSPS) is 18.4. The molecule has 2 aliphatic rings. The third-order valence-electron chi connectivity index (χ3n) is 6.04. The lowest BCUT2D eigenvalue weighted by Gasteiger charge is -2.39. The van der Waals surface area contributed by atoms with Gasteiger partial charge < -0.3 is 14.8 Å². The summed E-state index contributed by atoms with van der Waals surface area (Å²) in [4.78, 5) is 4.41. The Morgan fingerprint density at radius 3 is 2.74 bits per heavy atom. The molecule has 0 bridgehead atoms. The molecule has 6 rings (SSSR count). The number of nitrogens with zero attached hydrogens (tertiary/aromatic N) is 3. The van der Waals surface area contributed by atoms with Gasteiger partial charge in [-0.15, -0.1) is 0 Å². The van der Waals surface area contributed by atoms with Crippen LogP contribution in [0, 0.1) is 5.82 Å². The molecule has 170 valence electrons. The summed E-state index contributed by atoms with van der Waals surface area (Å²) >= 11 is 9.95. The zero-order valence-corrected chi connectivity index (χ0v) is 20.1. The van der Waals surface area contributed by atoms with Crippen molar-refractivity contribution >= 4 is 39.2 Å². The van der Waals surface area contributed by atoms with E-state index >= 15 is 0 Å². The number of anilines is 1. The minimum absolute atomic E-state index is 0.312. The predicted octanol–water partition coefficient (Wildman–Crippen LogP) is 6.40. The summed E-state index contributed by atoms with van der Waals surface area (Å²) in [5, 5.41) is 8.50. The molecule has 0 aliphatic carbocycles. The minimum Gasteiger partial charge on any atom is -0.496 e. The lowest BCUT2D eigenvalue weighted by atomic mass is 9.84. The van der Waals surface area contributed by atoms with Crippen LogP contribution in [0.15, 0.2) is 77.0 Å². The van der Waals surface area contributed by atoms with Crippen LogP contribution < -0.4 is 14.8 Å². The van der Waals surface area contributed by atoms with Crippen LogP contribution in [0.3, 0.4) is 0 Å². The van der Waals surface area contributed by atoms with Crippen LogP contribution in [0.5, 0.6) is 11.5 Å². The molecule has 3 aromatic carbocycles. The molecule has 34 heavy (non-hydrogen) atoms. The van der Waals surface area contributed by atoms with Gasteiger partial charge in [-0.25, -0.2) is 9.07 Å². The van der Waals surface area contributed by atoms with Crippen LogP contribution in [-0.2, 0) is 0 Å². The van der Waals surface area contributed by atoms with Crippen LogP contribution in [0.25, 0.3) is 5.70 Å². The zero-order chi connectivity index (χ0) is 23.4. The van der Waals surface area contributed by atoms with E-state index in [0.29, 0.717) is 22.5 Å². The minimum atomic E-state index is -0.531. The van der Waals surface area contributed by atoms with Crippen molar-refractivity contribution in [2.75, 3.05) is 12.4 Å². The Labute approximate surface area is 208 Å². The summed E-state index contributed by atoms with van der Waals surface area (Å²) in [5.74, 6) is 1.61. The molecule has 3 heterocycles. The molecule has 0 saturated carbocycles. The van der Waals surface area contributed by atoms with Gasteiger partial charge >= 0.3 is 0 Å². The second kappa shape index (κ2) is 8.14. The molecule has 0 unspecified atom stereocenters. The lowest BCUT2D eigenvalue weighted by Crippen LogP contribution is -2.32. The fourth-order valence-electron chi connectivity index (χ4n) is 4.58. The number of hydrogen-bond donors (Lipinski definition) is 1. The number of hydrogen-bond acceptors (Lipinski definition) is 5. The maximum Gasteiger partial charge on any atom is 0.226 e. The third-order valence-corrected chi connectivity index (χ3v) is 6.76. The Kier molecular flexibility index (Phi) is 5.08. The fourth-order valence-corrected chi connectivity index (χ4v) is 5.13. The molecule has 1 N–H and O–H groups in total. The van der Waals surface area contributed by atoms with Crippen LogP contribution in [0.2, 0.25) is 5.02 Å². The average Bonchev–Trinajstić information content (AvgIpc) is 3.31. The molecule has 2 atom stereocenters. The second-order valence-electron chi connectivity index (χ2n) is 7.96. The Morgan fingerprint density at radius 2 is 1.94 bits per heavy atom. The first-order valence-electron chi connectivity index (χ1n) is 10.5.